The van der Waals surface area contributed by atoms with E-state index in [1.807, 2.05) is 43.1 Å². The molecule has 0 fully saturated rings. The SMILES string of the molecule is CC(=O)c1cccnc1N(C)c1ccccc1C. The Balaban J connectivity index is 2.50. The van der Waals surface area contributed by atoms with Crippen molar-refractivity contribution in [2.45, 2.75) is 13.8 Å². The molecule has 1 aromatic heterocycles. The molecule has 3 heteroatoms. The van der Waals surface area contributed by atoms with Crippen LogP contribution in [0, 0.1) is 6.92 Å². The Labute approximate surface area is 107 Å². The number of aryl methyl sites for hydroxylation is 1. The van der Waals surface area contributed by atoms with Gasteiger partial charge in [-0.05, 0) is 37.6 Å². The molecule has 92 valence electrons. The summed E-state index contributed by atoms with van der Waals surface area (Å²) in [7, 11) is 1.93. The zero-order valence-corrected chi connectivity index (χ0v) is 10.8. The van der Waals surface area contributed by atoms with Crippen LogP contribution in [0.4, 0.5) is 11.5 Å². The van der Waals surface area contributed by atoms with Crippen molar-refractivity contribution in [3.63, 3.8) is 0 Å². The molecule has 0 amide bonds. The number of Topliss-reactive ketones (excluding diaryl/α,β-unsaturated/α-hetero) is 1. The fourth-order valence-electron chi connectivity index (χ4n) is 1.99. The zero-order chi connectivity index (χ0) is 13.1. The second-order valence-electron chi connectivity index (χ2n) is 4.28. The Morgan fingerprint density at radius 2 is 1.89 bits per heavy atom. The fraction of sp³-hybridized carbons (Fsp3) is 0.200. The number of hydrogen-bond acceptors (Lipinski definition) is 3. The van der Waals surface area contributed by atoms with Crippen LogP contribution in [-0.4, -0.2) is 17.8 Å². The van der Waals surface area contributed by atoms with E-state index in [9.17, 15) is 4.79 Å². The molecule has 0 unspecified atom stereocenters. The van der Waals surface area contributed by atoms with E-state index in [2.05, 4.69) is 4.98 Å². The summed E-state index contributed by atoms with van der Waals surface area (Å²) in [5, 5.41) is 0. The monoisotopic (exact) mass is 240 g/mol. The molecule has 2 rings (SSSR count). The number of hydrogen-bond donors (Lipinski definition) is 0. The van der Waals surface area contributed by atoms with Crippen molar-refractivity contribution < 1.29 is 4.79 Å². The first-order chi connectivity index (χ1) is 8.61. The average molecular weight is 240 g/mol. The summed E-state index contributed by atoms with van der Waals surface area (Å²) in [6.07, 6.45) is 1.70. The van der Waals surface area contributed by atoms with Crippen molar-refractivity contribution in [2.75, 3.05) is 11.9 Å². The summed E-state index contributed by atoms with van der Waals surface area (Å²) in [5.41, 5.74) is 2.85. The highest BCUT2D eigenvalue weighted by molar-refractivity contribution is 5.99. The van der Waals surface area contributed by atoms with Gasteiger partial charge in [0, 0.05) is 18.9 Å². The van der Waals surface area contributed by atoms with Gasteiger partial charge in [-0.3, -0.25) is 4.79 Å². The number of benzene rings is 1. The van der Waals surface area contributed by atoms with Crippen LogP contribution in [0.2, 0.25) is 0 Å². The topological polar surface area (TPSA) is 33.2 Å². The van der Waals surface area contributed by atoms with Gasteiger partial charge >= 0.3 is 0 Å². The Morgan fingerprint density at radius 3 is 2.56 bits per heavy atom. The minimum Gasteiger partial charge on any atom is -0.329 e. The van der Waals surface area contributed by atoms with Crippen LogP contribution in [0.5, 0.6) is 0 Å². The molecule has 2 aromatic rings. The van der Waals surface area contributed by atoms with Crippen LogP contribution < -0.4 is 4.90 Å². The quantitative estimate of drug-likeness (QED) is 0.771. The molecule has 0 N–H and O–H groups in total. The molecular formula is C15H16N2O. The third-order valence-electron chi connectivity index (χ3n) is 2.96. The number of para-hydroxylation sites is 1. The van der Waals surface area contributed by atoms with E-state index in [-0.39, 0.29) is 5.78 Å². The maximum atomic E-state index is 11.6. The third kappa shape index (κ3) is 2.25. The van der Waals surface area contributed by atoms with Crippen molar-refractivity contribution in [3.8, 4) is 0 Å². The lowest BCUT2D eigenvalue weighted by Crippen LogP contribution is -2.15. The predicted octanol–water partition coefficient (Wildman–Crippen LogP) is 3.36. The molecular weight excluding hydrogens is 224 g/mol. The summed E-state index contributed by atoms with van der Waals surface area (Å²) in [6, 6.07) is 11.6. The van der Waals surface area contributed by atoms with E-state index >= 15 is 0 Å². The largest absolute Gasteiger partial charge is 0.329 e. The van der Waals surface area contributed by atoms with Gasteiger partial charge < -0.3 is 4.90 Å². The highest BCUT2D eigenvalue weighted by atomic mass is 16.1. The van der Waals surface area contributed by atoms with Crippen LogP contribution in [-0.2, 0) is 0 Å². The van der Waals surface area contributed by atoms with Gasteiger partial charge in [-0.2, -0.15) is 0 Å². The molecule has 0 saturated heterocycles. The standard InChI is InChI=1S/C15H16N2O/c1-11-7-4-5-9-14(11)17(3)15-13(12(2)18)8-6-10-16-15/h4-10H,1-3H3. The molecule has 1 heterocycles. The molecule has 1 aromatic carbocycles. The van der Waals surface area contributed by atoms with Crippen molar-refractivity contribution in [3.05, 3.63) is 53.7 Å². The lowest BCUT2D eigenvalue weighted by Gasteiger charge is -2.22. The Bertz CT molecular complexity index is 578. The Morgan fingerprint density at radius 1 is 1.17 bits per heavy atom. The second-order valence-corrected chi connectivity index (χ2v) is 4.28. The molecule has 18 heavy (non-hydrogen) atoms. The van der Waals surface area contributed by atoms with E-state index in [0.717, 1.165) is 11.3 Å². The lowest BCUT2D eigenvalue weighted by atomic mass is 10.1. The van der Waals surface area contributed by atoms with E-state index < -0.39 is 0 Å². The van der Waals surface area contributed by atoms with E-state index in [1.54, 1.807) is 25.3 Å². The number of anilines is 2. The van der Waals surface area contributed by atoms with Gasteiger partial charge in [0.05, 0.1) is 5.56 Å². The van der Waals surface area contributed by atoms with Crippen molar-refractivity contribution in [1.82, 2.24) is 4.98 Å². The first-order valence-corrected chi connectivity index (χ1v) is 5.86. The molecule has 0 radical (unpaired) electrons. The van der Waals surface area contributed by atoms with E-state index in [1.165, 1.54) is 0 Å². The van der Waals surface area contributed by atoms with Gasteiger partial charge in [0.25, 0.3) is 0 Å². The van der Waals surface area contributed by atoms with Crippen molar-refractivity contribution >= 4 is 17.3 Å². The molecule has 3 nitrogen and oxygen atoms in total. The van der Waals surface area contributed by atoms with E-state index in [0.29, 0.717) is 11.4 Å². The van der Waals surface area contributed by atoms with Crippen molar-refractivity contribution in [1.29, 1.82) is 0 Å². The van der Waals surface area contributed by atoms with Gasteiger partial charge in [-0.25, -0.2) is 4.98 Å². The van der Waals surface area contributed by atoms with Crippen LogP contribution in [0.3, 0.4) is 0 Å². The Kier molecular flexibility index (Phi) is 3.42. The Hall–Kier alpha value is -2.16. The van der Waals surface area contributed by atoms with Gasteiger partial charge in [0.2, 0.25) is 0 Å². The van der Waals surface area contributed by atoms with Crippen LogP contribution in [0.25, 0.3) is 0 Å². The molecule has 0 aliphatic heterocycles. The smallest absolute Gasteiger partial charge is 0.163 e. The molecule has 0 saturated carbocycles. The van der Waals surface area contributed by atoms with Crippen LogP contribution in [0.1, 0.15) is 22.8 Å². The maximum absolute atomic E-state index is 11.6. The normalized spacial score (nSPS) is 10.2. The highest BCUT2D eigenvalue weighted by Gasteiger charge is 2.14. The van der Waals surface area contributed by atoms with Gasteiger partial charge in [-0.15, -0.1) is 0 Å². The molecule has 0 aliphatic rings. The number of ketones is 1. The molecule has 0 aliphatic carbocycles. The van der Waals surface area contributed by atoms with E-state index in [4.69, 9.17) is 0 Å². The summed E-state index contributed by atoms with van der Waals surface area (Å²) < 4.78 is 0. The minimum atomic E-state index is 0.0264. The predicted molar refractivity (Wildman–Crippen MR) is 73.5 cm³/mol. The van der Waals surface area contributed by atoms with Gasteiger partial charge in [0.15, 0.2) is 5.78 Å². The molecule has 0 bridgehead atoms. The number of pyridine rings is 1. The first kappa shape index (κ1) is 12.3. The lowest BCUT2D eigenvalue weighted by molar-refractivity contribution is 0.101. The third-order valence-corrected chi connectivity index (χ3v) is 2.96. The minimum absolute atomic E-state index is 0.0264. The van der Waals surface area contributed by atoms with Gasteiger partial charge in [-0.1, -0.05) is 18.2 Å². The number of rotatable bonds is 3. The number of aromatic nitrogens is 1. The number of carbonyl (C=O) groups is 1. The number of carbonyl (C=O) groups excluding carboxylic acids is 1. The summed E-state index contributed by atoms with van der Waals surface area (Å²) in [5.74, 6) is 0.720. The molecule has 0 atom stereocenters. The number of nitrogens with zero attached hydrogens (tertiary/aromatic N) is 2. The summed E-state index contributed by atoms with van der Waals surface area (Å²) in [6.45, 7) is 3.61. The molecule has 0 spiro atoms. The van der Waals surface area contributed by atoms with Crippen LogP contribution >= 0.6 is 0 Å². The van der Waals surface area contributed by atoms with Crippen LogP contribution in [0.15, 0.2) is 42.6 Å². The summed E-state index contributed by atoms with van der Waals surface area (Å²) in [4.78, 5) is 17.9. The van der Waals surface area contributed by atoms with Crippen molar-refractivity contribution in [2.24, 2.45) is 0 Å². The zero-order valence-electron chi connectivity index (χ0n) is 10.8. The first-order valence-electron chi connectivity index (χ1n) is 5.86. The second kappa shape index (κ2) is 5.00. The maximum Gasteiger partial charge on any atom is 0.163 e. The van der Waals surface area contributed by atoms with Gasteiger partial charge in [0.1, 0.15) is 5.82 Å². The fourth-order valence-corrected chi connectivity index (χ4v) is 1.99. The highest BCUT2D eigenvalue weighted by Crippen LogP contribution is 2.27. The average Bonchev–Trinajstić information content (AvgIpc) is 2.38. The summed E-state index contributed by atoms with van der Waals surface area (Å²) >= 11 is 0.